The minimum Gasteiger partial charge on any atom is -0.497 e. The van der Waals surface area contributed by atoms with E-state index in [0.717, 1.165) is 23.0 Å². The lowest BCUT2D eigenvalue weighted by Crippen LogP contribution is -2.15. The SMILES string of the molecule is CCOC(=O)c1ccc(NC(=O)CSc2nnc(Cc3cccn3C)n2-c2ccc(OC)cc2)cc1. The van der Waals surface area contributed by atoms with Gasteiger partial charge in [-0.2, -0.15) is 0 Å². The third-order valence-corrected chi connectivity index (χ3v) is 6.36. The molecule has 0 unspecified atom stereocenters. The molecule has 9 nitrogen and oxygen atoms in total. The first-order chi connectivity index (χ1) is 17.5. The Bertz CT molecular complexity index is 1330. The first kappa shape index (κ1) is 25.1. The topological polar surface area (TPSA) is 100 Å². The lowest BCUT2D eigenvalue weighted by atomic mass is 10.2. The molecule has 0 fully saturated rings. The fourth-order valence-electron chi connectivity index (χ4n) is 3.57. The van der Waals surface area contributed by atoms with Crippen molar-refractivity contribution >= 4 is 29.3 Å². The molecule has 0 radical (unpaired) electrons. The summed E-state index contributed by atoms with van der Waals surface area (Å²) in [6.45, 7) is 2.06. The normalized spacial score (nSPS) is 10.8. The summed E-state index contributed by atoms with van der Waals surface area (Å²) in [4.78, 5) is 24.5. The Kier molecular flexibility index (Phi) is 8.06. The highest BCUT2D eigenvalue weighted by Gasteiger charge is 2.17. The van der Waals surface area contributed by atoms with Crippen molar-refractivity contribution in [2.45, 2.75) is 18.5 Å². The van der Waals surface area contributed by atoms with Crippen LogP contribution in [0.4, 0.5) is 5.69 Å². The molecule has 0 bridgehead atoms. The first-order valence-corrected chi connectivity index (χ1v) is 12.4. The molecule has 0 saturated carbocycles. The van der Waals surface area contributed by atoms with Crippen LogP contribution in [0.3, 0.4) is 0 Å². The van der Waals surface area contributed by atoms with Crippen molar-refractivity contribution in [2.24, 2.45) is 7.05 Å². The van der Waals surface area contributed by atoms with E-state index in [1.165, 1.54) is 11.8 Å². The summed E-state index contributed by atoms with van der Waals surface area (Å²) in [5, 5.41) is 12.3. The van der Waals surface area contributed by atoms with E-state index >= 15 is 0 Å². The maximum absolute atomic E-state index is 12.6. The number of hydrogen-bond acceptors (Lipinski definition) is 7. The molecule has 2 heterocycles. The number of aromatic nitrogens is 4. The molecule has 0 spiro atoms. The lowest BCUT2D eigenvalue weighted by Gasteiger charge is -2.12. The zero-order valence-corrected chi connectivity index (χ0v) is 21.1. The molecule has 2 aromatic heterocycles. The Labute approximate surface area is 213 Å². The summed E-state index contributed by atoms with van der Waals surface area (Å²) in [5.74, 6) is 1.06. The van der Waals surface area contributed by atoms with Crippen LogP contribution >= 0.6 is 11.8 Å². The lowest BCUT2D eigenvalue weighted by molar-refractivity contribution is -0.113. The van der Waals surface area contributed by atoms with E-state index in [1.807, 2.05) is 58.8 Å². The molecular weight excluding hydrogens is 478 g/mol. The second-order valence-corrected chi connectivity index (χ2v) is 8.80. The van der Waals surface area contributed by atoms with Crippen molar-refractivity contribution in [1.29, 1.82) is 0 Å². The molecule has 4 aromatic rings. The molecule has 10 heteroatoms. The average Bonchev–Trinajstić information content (AvgIpc) is 3.49. The number of amides is 1. The Morgan fingerprint density at radius 3 is 2.42 bits per heavy atom. The number of hydrogen-bond donors (Lipinski definition) is 1. The molecular formula is C26H27N5O4S. The second kappa shape index (κ2) is 11.6. The molecule has 0 aliphatic carbocycles. The molecule has 0 saturated heterocycles. The number of nitrogens with zero attached hydrogens (tertiary/aromatic N) is 4. The highest BCUT2D eigenvalue weighted by molar-refractivity contribution is 7.99. The van der Waals surface area contributed by atoms with E-state index in [0.29, 0.717) is 29.4 Å². The second-order valence-electron chi connectivity index (χ2n) is 7.85. The van der Waals surface area contributed by atoms with Crippen LogP contribution in [0, 0.1) is 0 Å². The van der Waals surface area contributed by atoms with Gasteiger partial charge in [-0.15, -0.1) is 10.2 Å². The Morgan fingerprint density at radius 2 is 1.78 bits per heavy atom. The quantitative estimate of drug-likeness (QED) is 0.256. The van der Waals surface area contributed by atoms with E-state index in [2.05, 4.69) is 15.5 Å². The highest BCUT2D eigenvalue weighted by atomic mass is 32.2. The van der Waals surface area contributed by atoms with Crippen LogP contribution in [0.5, 0.6) is 5.75 Å². The smallest absolute Gasteiger partial charge is 0.338 e. The van der Waals surface area contributed by atoms with Gasteiger partial charge < -0.3 is 19.4 Å². The predicted molar refractivity (Wildman–Crippen MR) is 138 cm³/mol. The van der Waals surface area contributed by atoms with Gasteiger partial charge in [-0.05, 0) is 67.6 Å². The maximum atomic E-state index is 12.6. The van der Waals surface area contributed by atoms with Crippen molar-refractivity contribution in [3.8, 4) is 11.4 Å². The van der Waals surface area contributed by atoms with Crippen LogP contribution in [-0.4, -0.2) is 50.7 Å². The Balaban J connectivity index is 1.48. The minimum absolute atomic E-state index is 0.137. The number of carbonyl (C=O) groups excluding carboxylic acids is 2. The van der Waals surface area contributed by atoms with Crippen molar-refractivity contribution in [2.75, 3.05) is 24.8 Å². The number of carbonyl (C=O) groups is 2. The van der Waals surface area contributed by atoms with Crippen LogP contribution < -0.4 is 10.1 Å². The summed E-state index contributed by atoms with van der Waals surface area (Å²) >= 11 is 1.30. The number of anilines is 1. The van der Waals surface area contributed by atoms with Gasteiger partial charge >= 0.3 is 5.97 Å². The van der Waals surface area contributed by atoms with Crippen molar-refractivity contribution in [3.63, 3.8) is 0 Å². The van der Waals surface area contributed by atoms with Gasteiger partial charge in [0.25, 0.3) is 0 Å². The van der Waals surface area contributed by atoms with Gasteiger partial charge in [0.05, 0.1) is 25.0 Å². The molecule has 0 aliphatic heterocycles. The third kappa shape index (κ3) is 5.95. The summed E-state index contributed by atoms with van der Waals surface area (Å²) < 4.78 is 14.3. The van der Waals surface area contributed by atoms with Gasteiger partial charge in [-0.25, -0.2) is 4.79 Å². The Morgan fingerprint density at radius 1 is 1.03 bits per heavy atom. The Hall–Kier alpha value is -4.05. The first-order valence-electron chi connectivity index (χ1n) is 11.4. The predicted octanol–water partition coefficient (Wildman–Crippen LogP) is 4.11. The van der Waals surface area contributed by atoms with Gasteiger partial charge in [-0.1, -0.05) is 11.8 Å². The van der Waals surface area contributed by atoms with Gasteiger partial charge in [-0.3, -0.25) is 9.36 Å². The van der Waals surface area contributed by atoms with E-state index in [1.54, 1.807) is 38.3 Å². The number of rotatable bonds is 10. The van der Waals surface area contributed by atoms with Crippen LogP contribution in [0.25, 0.3) is 5.69 Å². The monoisotopic (exact) mass is 505 g/mol. The molecule has 0 aliphatic rings. The van der Waals surface area contributed by atoms with Gasteiger partial charge in [0.2, 0.25) is 5.91 Å². The molecule has 186 valence electrons. The number of nitrogens with one attached hydrogen (secondary N) is 1. The summed E-state index contributed by atoms with van der Waals surface area (Å²) in [7, 11) is 3.61. The van der Waals surface area contributed by atoms with Crippen LogP contribution in [0.1, 0.15) is 28.8 Å². The minimum atomic E-state index is -0.394. The average molecular weight is 506 g/mol. The summed E-state index contributed by atoms with van der Waals surface area (Å²) in [6.07, 6.45) is 2.57. The van der Waals surface area contributed by atoms with Crippen molar-refractivity contribution < 1.29 is 19.1 Å². The maximum Gasteiger partial charge on any atom is 0.338 e. The van der Waals surface area contributed by atoms with E-state index in [-0.39, 0.29) is 11.7 Å². The summed E-state index contributed by atoms with van der Waals surface area (Å²) in [5.41, 5.74) is 3.00. The number of methoxy groups -OCH3 is 1. The van der Waals surface area contributed by atoms with Crippen LogP contribution in [0.2, 0.25) is 0 Å². The largest absolute Gasteiger partial charge is 0.497 e. The zero-order chi connectivity index (χ0) is 25.5. The fourth-order valence-corrected chi connectivity index (χ4v) is 4.34. The molecule has 4 rings (SSSR count). The fraction of sp³-hybridized carbons (Fsp3) is 0.231. The molecule has 1 amide bonds. The van der Waals surface area contributed by atoms with E-state index in [4.69, 9.17) is 9.47 Å². The van der Waals surface area contributed by atoms with E-state index in [9.17, 15) is 9.59 Å². The third-order valence-electron chi connectivity index (χ3n) is 5.43. The highest BCUT2D eigenvalue weighted by Crippen LogP contribution is 2.25. The van der Waals surface area contributed by atoms with Gasteiger partial charge in [0.1, 0.15) is 11.6 Å². The van der Waals surface area contributed by atoms with Crippen molar-refractivity contribution in [3.05, 3.63) is 83.9 Å². The van der Waals surface area contributed by atoms with Crippen LogP contribution in [-0.2, 0) is 23.0 Å². The van der Waals surface area contributed by atoms with Crippen molar-refractivity contribution in [1.82, 2.24) is 19.3 Å². The standard InChI is InChI=1S/C26H27N5O4S/c1-4-35-25(33)18-7-9-19(10-8-18)27-24(32)17-36-26-29-28-23(16-21-6-5-15-30(21)2)31(26)20-11-13-22(34-3)14-12-20/h5-15H,4,16-17H2,1-3H3,(H,27,32). The number of aryl methyl sites for hydroxylation is 1. The molecule has 1 N–H and O–H groups in total. The number of benzene rings is 2. The van der Waals surface area contributed by atoms with Gasteiger partial charge in [0.15, 0.2) is 5.16 Å². The number of ether oxygens (including phenoxy) is 2. The molecule has 0 atom stereocenters. The van der Waals surface area contributed by atoms with Crippen LogP contribution in [0.15, 0.2) is 72.0 Å². The van der Waals surface area contributed by atoms with E-state index < -0.39 is 5.97 Å². The number of thioether (sulfide) groups is 1. The van der Waals surface area contributed by atoms with Gasteiger partial charge in [0, 0.05) is 36.7 Å². The zero-order valence-electron chi connectivity index (χ0n) is 20.3. The number of esters is 1. The molecule has 2 aromatic carbocycles. The summed E-state index contributed by atoms with van der Waals surface area (Å²) in [6, 6.07) is 18.2. The molecule has 36 heavy (non-hydrogen) atoms.